The molecule has 0 bridgehead atoms. The van der Waals surface area contributed by atoms with Gasteiger partial charge in [0.2, 0.25) is 5.91 Å². The Balaban J connectivity index is 1.26. The van der Waals surface area contributed by atoms with Crippen LogP contribution in [0.15, 0.2) is 24.4 Å². The van der Waals surface area contributed by atoms with E-state index in [1.165, 1.54) is 6.07 Å². The number of nitrogens with zero attached hydrogens (tertiary/aromatic N) is 8. The van der Waals surface area contributed by atoms with Crippen molar-refractivity contribution < 1.29 is 18.0 Å². The highest BCUT2D eigenvalue weighted by molar-refractivity contribution is 5.94. The van der Waals surface area contributed by atoms with Crippen LogP contribution < -0.4 is 10.2 Å². The predicted molar refractivity (Wildman–Crippen MR) is 113 cm³/mol. The van der Waals surface area contributed by atoms with Gasteiger partial charge < -0.3 is 10.2 Å². The van der Waals surface area contributed by atoms with Crippen molar-refractivity contribution >= 4 is 34.1 Å². The van der Waals surface area contributed by atoms with Gasteiger partial charge in [-0.3, -0.25) is 9.48 Å². The van der Waals surface area contributed by atoms with Gasteiger partial charge in [0.15, 0.2) is 11.3 Å². The fraction of sp³-hybridized carbons (Fsp3) is 0.400. The molecule has 0 radical (unpaired) electrons. The van der Waals surface area contributed by atoms with Gasteiger partial charge in [0.25, 0.3) is 5.82 Å². The van der Waals surface area contributed by atoms with Crippen LogP contribution >= 0.6 is 0 Å². The molecule has 5 rings (SSSR count). The Labute approximate surface area is 185 Å². The molecule has 1 saturated heterocycles. The molecule has 10 nitrogen and oxygen atoms in total. The van der Waals surface area contributed by atoms with Crippen LogP contribution in [-0.4, -0.2) is 53.6 Å². The molecule has 1 N–H and O–H groups in total. The molecule has 0 aliphatic carbocycles. The minimum atomic E-state index is -4.65. The van der Waals surface area contributed by atoms with E-state index in [0.29, 0.717) is 42.0 Å². The summed E-state index contributed by atoms with van der Waals surface area (Å²) in [6.45, 7) is 2.85. The summed E-state index contributed by atoms with van der Waals surface area (Å²) >= 11 is 0. The van der Waals surface area contributed by atoms with Gasteiger partial charge in [-0.05, 0) is 38.0 Å². The normalized spacial score (nSPS) is 15.5. The van der Waals surface area contributed by atoms with E-state index in [4.69, 9.17) is 0 Å². The zero-order valence-corrected chi connectivity index (χ0v) is 17.8. The number of alkyl halides is 3. The maximum atomic E-state index is 13.1. The highest BCUT2D eigenvalue weighted by Gasteiger charge is 2.38. The van der Waals surface area contributed by atoms with Crippen molar-refractivity contribution in [3.8, 4) is 0 Å². The van der Waals surface area contributed by atoms with E-state index >= 15 is 0 Å². The SMILES string of the molecule is Cc1nn(C)c2ncc(NC(=O)C3CCN(c4ccc5nnc(C(F)(F)F)n5n4)CC3)cc12. The zero-order valence-electron chi connectivity index (χ0n) is 17.8. The summed E-state index contributed by atoms with van der Waals surface area (Å²) in [7, 11) is 1.81. The molecular weight excluding hydrogens is 439 g/mol. The van der Waals surface area contributed by atoms with Crippen molar-refractivity contribution in [1.82, 2.24) is 34.6 Å². The topological polar surface area (TPSA) is 106 Å². The molecule has 0 aromatic carbocycles. The molecule has 1 aliphatic heterocycles. The van der Waals surface area contributed by atoms with Gasteiger partial charge in [0, 0.05) is 31.4 Å². The number of hydrogen-bond acceptors (Lipinski definition) is 7. The van der Waals surface area contributed by atoms with Crippen molar-refractivity contribution in [2.75, 3.05) is 23.3 Å². The van der Waals surface area contributed by atoms with Crippen LogP contribution in [-0.2, 0) is 18.0 Å². The molecule has 4 aromatic heterocycles. The number of fused-ring (bicyclic) bond motifs is 2. The van der Waals surface area contributed by atoms with Gasteiger partial charge in [-0.25, -0.2) is 4.98 Å². The Kier molecular flexibility index (Phi) is 4.91. The smallest absolute Gasteiger partial charge is 0.355 e. The number of amides is 1. The van der Waals surface area contributed by atoms with Gasteiger partial charge in [0.1, 0.15) is 5.82 Å². The third-order valence-corrected chi connectivity index (χ3v) is 5.82. The lowest BCUT2D eigenvalue weighted by atomic mass is 9.96. The van der Waals surface area contributed by atoms with E-state index in [2.05, 4.69) is 30.7 Å². The summed E-state index contributed by atoms with van der Waals surface area (Å²) in [4.78, 5) is 19.0. The summed E-state index contributed by atoms with van der Waals surface area (Å²) in [5.74, 6) is -1.12. The number of carbonyl (C=O) groups excluding carboxylic acids is 1. The van der Waals surface area contributed by atoms with Gasteiger partial charge in [-0.15, -0.1) is 15.3 Å². The Morgan fingerprint density at radius 3 is 2.64 bits per heavy atom. The Hall–Kier alpha value is -3.77. The van der Waals surface area contributed by atoms with E-state index in [1.54, 1.807) is 16.9 Å². The van der Waals surface area contributed by atoms with Crippen LogP contribution in [0.3, 0.4) is 0 Å². The second-order valence-corrected chi connectivity index (χ2v) is 8.04. The number of hydrogen-bond donors (Lipinski definition) is 1. The summed E-state index contributed by atoms with van der Waals surface area (Å²) in [6, 6.07) is 4.92. The molecule has 1 aliphatic rings. The van der Waals surface area contributed by atoms with E-state index in [9.17, 15) is 18.0 Å². The number of pyridine rings is 1. The quantitative estimate of drug-likeness (QED) is 0.502. The molecule has 5 heterocycles. The fourth-order valence-electron chi connectivity index (χ4n) is 4.12. The highest BCUT2D eigenvalue weighted by Crippen LogP contribution is 2.29. The number of nitrogens with one attached hydrogen (secondary N) is 1. The number of halogens is 3. The second-order valence-electron chi connectivity index (χ2n) is 8.04. The first kappa shape index (κ1) is 21.1. The van der Waals surface area contributed by atoms with E-state index < -0.39 is 12.0 Å². The minimum absolute atomic E-state index is 0.0229. The van der Waals surface area contributed by atoms with Crippen LogP contribution in [0, 0.1) is 12.8 Å². The molecule has 33 heavy (non-hydrogen) atoms. The van der Waals surface area contributed by atoms with E-state index in [-0.39, 0.29) is 17.5 Å². The molecule has 1 fully saturated rings. The lowest BCUT2D eigenvalue weighted by Crippen LogP contribution is -2.38. The summed E-state index contributed by atoms with van der Waals surface area (Å²) in [5.41, 5.74) is 2.20. The average Bonchev–Trinajstić information content (AvgIpc) is 3.34. The number of carbonyl (C=O) groups is 1. The predicted octanol–water partition coefficient (Wildman–Crippen LogP) is 2.59. The van der Waals surface area contributed by atoms with Crippen LogP contribution in [0.5, 0.6) is 0 Å². The molecule has 0 atom stereocenters. The number of rotatable bonds is 3. The lowest BCUT2D eigenvalue weighted by Gasteiger charge is -2.32. The first-order valence-electron chi connectivity index (χ1n) is 10.4. The van der Waals surface area contributed by atoms with Crippen LogP contribution in [0.4, 0.5) is 24.7 Å². The summed E-state index contributed by atoms with van der Waals surface area (Å²) in [5, 5.41) is 18.9. The third kappa shape index (κ3) is 3.83. The number of anilines is 2. The minimum Gasteiger partial charge on any atom is -0.355 e. The number of piperidine rings is 1. The summed E-state index contributed by atoms with van der Waals surface area (Å²) < 4.78 is 41.8. The molecule has 1 amide bonds. The van der Waals surface area contributed by atoms with E-state index in [1.807, 2.05) is 24.9 Å². The lowest BCUT2D eigenvalue weighted by molar-refractivity contribution is -0.146. The number of aryl methyl sites for hydroxylation is 2. The van der Waals surface area contributed by atoms with Gasteiger partial charge in [-0.2, -0.15) is 22.8 Å². The average molecular weight is 459 g/mol. The van der Waals surface area contributed by atoms with Crippen molar-refractivity contribution in [2.45, 2.75) is 25.9 Å². The van der Waals surface area contributed by atoms with Crippen molar-refractivity contribution in [1.29, 1.82) is 0 Å². The third-order valence-electron chi connectivity index (χ3n) is 5.82. The Morgan fingerprint density at radius 1 is 1.15 bits per heavy atom. The Morgan fingerprint density at radius 2 is 1.91 bits per heavy atom. The van der Waals surface area contributed by atoms with Gasteiger partial charge >= 0.3 is 6.18 Å². The van der Waals surface area contributed by atoms with Gasteiger partial charge in [-0.1, -0.05) is 0 Å². The van der Waals surface area contributed by atoms with E-state index in [0.717, 1.165) is 16.7 Å². The standard InChI is InChI=1S/C20H20F3N9O/c1-11-14-9-13(10-24-17(14)30(2)28-11)25-18(33)12-5-7-31(8-6-12)16-4-3-15-26-27-19(20(21,22)23)32(15)29-16/h3-4,9-10,12H,5-8H2,1-2H3,(H,25,33). The van der Waals surface area contributed by atoms with Crippen LogP contribution in [0.1, 0.15) is 24.4 Å². The largest absolute Gasteiger partial charge is 0.453 e. The Bertz CT molecular complexity index is 1350. The number of aromatic nitrogens is 7. The van der Waals surface area contributed by atoms with Crippen LogP contribution in [0.25, 0.3) is 16.7 Å². The second kappa shape index (κ2) is 7.67. The van der Waals surface area contributed by atoms with Crippen LogP contribution in [0.2, 0.25) is 0 Å². The van der Waals surface area contributed by atoms with Crippen molar-refractivity contribution in [2.24, 2.45) is 13.0 Å². The van der Waals surface area contributed by atoms with Crippen molar-refractivity contribution in [3.63, 3.8) is 0 Å². The molecule has 172 valence electrons. The molecule has 13 heteroatoms. The summed E-state index contributed by atoms with van der Waals surface area (Å²) in [6.07, 6.45) is -1.96. The maximum absolute atomic E-state index is 13.1. The monoisotopic (exact) mass is 459 g/mol. The fourth-order valence-corrected chi connectivity index (χ4v) is 4.12. The van der Waals surface area contributed by atoms with Crippen molar-refractivity contribution in [3.05, 3.63) is 35.9 Å². The highest BCUT2D eigenvalue weighted by atomic mass is 19.4. The first-order chi connectivity index (χ1) is 15.7. The molecule has 4 aromatic rings. The molecule has 0 saturated carbocycles. The zero-order chi connectivity index (χ0) is 23.3. The maximum Gasteiger partial charge on any atom is 0.453 e. The van der Waals surface area contributed by atoms with Gasteiger partial charge in [0.05, 0.1) is 17.6 Å². The molecule has 0 unspecified atom stereocenters. The first-order valence-corrected chi connectivity index (χ1v) is 10.4. The molecule has 0 spiro atoms. The molecular formula is C20H20F3N9O.